The molecule has 1 N–H and O–H groups in total. The lowest BCUT2D eigenvalue weighted by molar-refractivity contribution is -0.182. The van der Waals surface area contributed by atoms with Gasteiger partial charge in [0.25, 0.3) is 0 Å². The molecule has 17 heavy (non-hydrogen) atoms. The molecule has 0 aromatic heterocycles. The molecule has 0 spiro atoms. The van der Waals surface area contributed by atoms with Crippen LogP contribution >= 0.6 is 0 Å². The zero-order valence-electron chi connectivity index (χ0n) is 10.9. The summed E-state index contributed by atoms with van der Waals surface area (Å²) in [6, 6.07) is 0. The molecular formula is C12H24N2O3. The number of hydrogen-bond donors (Lipinski definition) is 1. The van der Waals surface area contributed by atoms with E-state index < -0.39 is 0 Å². The fourth-order valence-corrected chi connectivity index (χ4v) is 1.86. The van der Waals surface area contributed by atoms with Crippen LogP contribution in [0.25, 0.3) is 0 Å². The Balaban J connectivity index is 2.24. The van der Waals surface area contributed by atoms with Crippen molar-refractivity contribution >= 4 is 5.91 Å². The third-order valence-electron chi connectivity index (χ3n) is 2.76. The van der Waals surface area contributed by atoms with Crippen LogP contribution in [0.3, 0.4) is 0 Å². The smallest absolute Gasteiger partial charge is 0.233 e. The van der Waals surface area contributed by atoms with E-state index in [0.29, 0.717) is 6.54 Å². The lowest BCUT2D eigenvalue weighted by Gasteiger charge is -2.26. The van der Waals surface area contributed by atoms with E-state index in [4.69, 9.17) is 9.47 Å². The van der Waals surface area contributed by atoms with Crippen molar-refractivity contribution in [3.8, 4) is 0 Å². The van der Waals surface area contributed by atoms with Gasteiger partial charge in [-0.25, -0.2) is 0 Å². The SMILES string of the molecule is CCCN(CCC1OCCCO1)CC(=O)NC. The van der Waals surface area contributed by atoms with Crippen molar-refractivity contribution in [3.05, 3.63) is 0 Å². The average molecular weight is 244 g/mol. The van der Waals surface area contributed by atoms with Crippen molar-refractivity contribution in [2.45, 2.75) is 32.5 Å². The highest BCUT2D eigenvalue weighted by atomic mass is 16.7. The Bertz CT molecular complexity index is 218. The van der Waals surface area contributed by atoms with E-state index >= 15 is 0 Å². The molecule has 1 fully saturated rings. The maximum absolute atomic E-state index is 11.3. The van der Waals surface area contributed by atoms with E-state index in [1.54, 1.807) is 7.05 Å². The van der Waals surface area contributed by atoms with Gasteiger partial charge in [-0.3, -0.25) is 9.69 Å². The number of rotatable bonds is 7. The second-order valence-corrected chi connectivity index (χ2v) is 4.26. The Labute approximate surface area is 103 Å². The van der Waals surface area contributed by atoms with Crippen LogP contribution in [0.2, 0.25) is 0 Å². The van der Waals surface area contributed by atoms with Crippen LogP contribution < -0.4 is 5.32 Å². The summed E-state index contributed by atoms with van der Waals surface area (Å²) in [7, 11) is 1.67. The molecule has 1 heterocycles. The van der Waals surface area contributed by atoms with Crippen LogP contribution in [0.1, 0.15) is 26.2 Å². The van der Waals surface area contributed by atoms with Crippen molar-refractivity contribution in [1.29, 1.82) is 0 Å². The summed E-state index contributed by atoms with van der Waals surface area (Å²) in [5, 5.41) is 2.65. The Morgan fingerprint density at radius 1 is 1.35 bits per heavy atom. The van der Waals surface area contributed by atoms with E-state index in [1.165, 1.54) is 0 Å². The largest absolute Gasteiger partial charge is 0.358 e. The van der Waals surface area contributed by atoms with E-state index in [2.05, 4.69) is 17.1 Å². The third-order valence-corrected chi connectivity index (χ3v) is 2.76. The molecule has 5 heteroatoms. The summed E-state index contributed by atoms with van der Waals surface area (Å²) < 4.78 is 11.0. The van der Waals surface area contributed by atoms with Crippen molar-refractivity contribution in [2.24, 2.45) is 0 Å². The monoisotopic (exact) mass is 244 g/mol. The molecule has 0 bridgehead atoms. The van der Waals surface area contributed by atoms with Crippen LogP contribution in [0.5, 0.6) is 0 Å². The lowest BCUT2D eigenvalue weighted by Crippen LogP contribution is -2.38. The fourth-order valence-electron chi connectivity index (χ4n) is 1.86. The van der Waals surface area contributed by atoms with Crippen LogP contribution in [0.4, 0.5) is 0 Å². The number of carbonyl (C=O) groups excluding carboxylic acids is 1. The first-order chi connectivity index (χ1) is 8.26. The molecule has 100 valence electrons. The Morgan fingerprint density at radius 2 is 2.06 bits per heavy atom. The summed E-state index contributed by atoms with van der Waals surface area (Å²) in [6.07, 6.45) is 2.76. The Kier molecular flexibility index (Phi) is 7.16. The van der Waals surface area contributed by atoms with Crippen LogP contribution in [0, 0.1) is 0 Å². The molecular weight excluding hydrogens is 220 g/mol. The van der Waals surface area contributed by atoms with Gasteiger partial charge in [0.2, 0.25) is 5.91 Å². The number of nitrogens with zero attached hydrogens (tertiary/aromatic N) is 1. The molecule has 0 aromatic rings. The Hall–Kier alpha value is -0.650. The van der Waals surface area contributed by atoms with Gasteiger partial charge in [-0.1, -0.05) is 6.92 Å². The van der Waals surface area contributed by atoms with E-state index in [-0.39, 0.29) is 12.2 Å². The highest BCUT2D eigenvalue weighted by Crippen LogP contribution is 2.09. The number of ether oxygens (including phenoxy) is 2. The molecule has 0 atom stereocenters. The number of amides is 1. The molecule has 5 nitrogen and oxygen atoms in total. The maximum Gasteiger partial charge on any atom is 0.233 e. The minimum atomic E-state index is -0.0900. The van der Waals surface area contributed by atoms with Gasteiger partial charge in [0.05, 0.1) is 19.8 Å². The standard InChI is InChI=1S/C12H24N2O3/c1-3-6-14(10-11(15)13-2)7-5-12-16-8-4-9-17-12/h12H,3-10H2,1-2H3,(H,13,15). The molecule has 1 saturated heterocycles. The van der Waals surface area contributed by atoms with Crippen LogP contribution in [0.15, 0.2) is 0 Å². The minimum absolute atomic E-state index is 0.0592. The van der Waals surface area contributed by atoms with Gasteiger partial charge in [0, 0.05) is 20.0 Å². The summed E-state index contributed by atoms with van der Waals surface area (Å²) >= 11 is 0. The molecule has 1 amide bonds. The highest BCUT2D eigenvalue weighted by Gasteiger charge is 2.16. The van der Waals surface area contributed by atoms with Crippen LogP contribution in [-0.4, -0.2) is 57.0 Å². The van der Waals surface area contributed by atoms with Gasteiger partial charge < -0.3 is 14.8 Å². The summed E-state index contributed by atoms with van der Waals surface area (Å²) in [5.41, 5.74) is 0. The van der Waals surface area contributed by atoms with E-state index in [9.17, 15) is 4.79 Å². The second kappa shape index (κ2) is 8.44. The van der Waals surface area contributed by atoms with Gasteiger partial charge in [0.1, 0.15) is 0 Å². The first-order valence-electron chi connectivity index (χ1n) is 6.42. The van der Waals surface area contributed by atoms with Crippen molar-refractivity contribution in [1.82, 2.24) is 10.2 Å². The molecule has 0 unspecified atom stereocenters. The molecule has 1 aliphatic rings. The normalized spacial score (nSPS) is 17.4. The van der Waals surface area contributed by atoms with E-state index in [1.807, 2.05) is 0 Å². The van der Waals surface area contributed by atoms with Crippen molar-refractivity contribution in [2.75, 3.05) is 39.9 Å². The third kappa shape index (κ3) is 6.00. The molecule has 0 aliphatic carbocycles. The quantitative estimate of drug-likeness (QED) is 0.712. The molecule has 0 saturated carbocycles. The van der Waals surface area contributed by atoms with Gasteiger partial charge in [0.15, 0.2) is 6.29 Å². The van der Waals surface area contributed by atoms with Gasteiger partial charge >= 0.3 is 0 Å². The predicted octanol–water partition coefficient (Wildman–Crippen LogP) is 0.598. The molecule has 0 radical (unpaired) electrons. The Morgan fingerprint density at radius 3 is 2.65 bits per heavy atom. The number of nitrogens with one attached hydrogen (secondary N) is 1. The molecule has 1 aliphatic heterocycles. The summed E-state index contributed by atoms with van der Waals surface area (Å²) in [6.45, 7) is 5.91. The van der Waals surface area contributed by atoms with Gasteiger partial charge in [-0.2, -0.15) is 0 Å². The topological polar surface area (TPSA) is 50.8 Å². The van der Waals surface area contributed by atoms with Crippen molar-refractivity contribution in [3.63, 3.8) is 0 Å². The number of hydrogen-bond acceptors (Lipinski definition) is 4. The zero-order chi connectivity index (χ0) is 12.5. The fraction of sp³-hybridized carbons (Fsp3) is 0.917. The summed E-state index contributed by atoms with van der Waals surface area (Å²) in [5.74, 6) is 0.0592. The predicted molar refractivity (Wildman–Crippen MR) is 65.7 cm³/mol. The molecule has 0 aromatic carbocycles. The first kappa shape index (κ1) is 14.4. The first-order valence-corrected chi connectivity index (χ1v) is 6.42. The minimum Gasteiger partial charge on any atom is -0.358 e. The highest BCUT2D eigenvalue weighted by molar-refractivity contribution is 5.77. The maximum atomic E-state index is 11.3. The van der Waals surface area contributed by atoms with Crippen molar-refractivity contribution < 1.29 is 14.3 Å². The van der Waals surface area contributed by atoms with E-state index in [0.717, 1.165) is 45.6 Å². The number of likely N-dealkylation sites (N-methyl/N-ethyl adjacent to an activating group) is 1. The van der Waals surface area contributed by atoms with Gasteiger partial charge in [-0.15, -0.1) is 0 Å². The average Bonchev–Trinajstić information content (AvgIpc) is 2.37. The molecule has 1 rings (SSSR count). The number of carbonyl (C=O) groups is 1. The van der Waals surface area contributed by atoms with Gasteiger partial charge in [-0.05, 0) is 19.4 Å². The second-order valence-electron chi connectivity index (χ2n) is 4.26. The van der Waals surface area contributed by atoms with Crippen LogP contribution in [-0.2, 0) is 14.3 Å². The summed E-state index contributed by atoms with van der Waals surface area (Å²) in [4.78, 5) is 13.5. The zero-order valence-corrected chi connectivity index (χ0v) is 10.9. The lowest BCUT2D eigenvalue weighted by atomic mass is 10.3.